The van der Waals surface area contributed by atoms with E-state index in [2.05, 4.69) is 53.1 Å². The summed E-state index contributed by atoms with van der Waals surface area (Å²) in [6, 6.07) is 7.25. The molecule has 0 saturated carbocycles. The normalized spacial score (nSPS) is 22.3. The van der Waals surface area contributed by atoms with Gasteiger partial charge in [-0.15, -0.1) is 0 Å². The Labute approximate surface area is 224 Å². The van der Waals surface area contributed by atoms with Gasteiger partial charge in [-0.2, -0.15) is 5.10 Å². The minimum Gasteiger partial charge on any atom is -0.363 e. The van der Waals surface area contributed by atoms with Crippen molar-refractivity contribution in [2.75, 3.05) is 53.4 Å². The molecule has 3 saturated heterocycles. The van der Waals surface area contributed by atoms with Gasteiger partial charge in [-0.3, -0.25) is 9.78 Å². The molecule has 2 unspecified atom stereocenters. The van der Waals surface area contributed by atoms with Gasteiger partial charge in [0.15, 0.2) is 0 Å². The fourth-order valence-electron chi connectivity index (χ4n) is 6.37. The molecule has 3 aliphatic heterocycles. The molecule has 0 radical (unpaired) electrons. The van der Waals surface area contributed by atoms with Crippen LogP contribution >= 0.6 is 0 Å². The average molecular weight is 512 g/mol. The number of fused-ring (bicyclic) bond motifs is 3. The van der Waals surface area contributed by atoms with Crippen molar-refractivity contribution in [3.8, 4) is 0 Å². The van der Waals surface area contributed by atoms with E-state index in [-0.39, 0.29) is 5.91 Å². The number of carbonyl (C=O) groups excluding carboxylic acids is 1. The number of carbonyl (C=O) groups is 1. The molecule has 6 heterocycles. The predicted octanol–water partition coefficient (Wildman–Crippen LogP) is 3.24. The lowest BCUT2D eigenvalue weighted by atomic mass is 9.96. The van der Waals surface area contributed by atoms with Crippen LogP contribution in [0.25, 0.3) is 16.8 Å². The summed E-state index contributed by atoms with van der Waals surface area (Å²) >= 11 is 0. The number of nitrogens with zero attached hydrogens (tertiary/aromatic N) is 7. The van der Waals surface area contributed by atoms with E-state index in [4.69, 9.17) is 4.98 Å². The lowest BCUT2D eigenvalue weighted by Crippen LogP contribution is -2.51. The zero-order valence-electron chi connectivity index (χ0n) is 22.7. The van der Waals surface area contributed by atoms with Crippen LogP contribution in [0.2, 0.25) is 0 Å². The van der Waals surface area contributed by atoms with E-state index in [0.29, 0.717) is 17.6 Å². The van der Waals surface area contributed by atoms with E-state index in [0.717, 1.165) is 78.4 Å². The van der Waals surface area contributed by atoms with E-state index >= 15 is 0 Å². The lowest BCUT2D eigenvalue weighted by molar-refractivity contribution is 0.0666. The molecule has 1 amide bonds. The Kier molecular flexibility index (Phi) is 6.32. The highest BCUT2D eigenvalue weighted by Gasteiger charge is 2.39. The molecule has 2 atom stereocenters. The van der Waals surface area contributed by atoms with Crippen LogP contribution in [-0.4, -0.2) is 106 Å². The van der Waals surface area contributed by atoms with Crippen LogP contribution in [0.1, 0.15) is 45.6 Å². The van der Waals surface area contributed by atoms with Gasteiger partial charge in [0.25, 0.3) is 5.91 Å². The molecule has 3 aromatic heterocycles. The topological polar surface area (TPSA) is 60.2 Å². The standard InChI is InChI=1S/C30H37N7O/c1-20(23-8-9-36-29(15-23)28(17-32-36)30(38)35-12-10-33(4)11-13-35)27-14-24(16-31-21(27)2)22(3)37-25-6-7-26(37)19-34(5)18-25/h8-9,14-17,25-26H,1,3,6-7,10-13,18-19H2,2,4-5H3. The summed E-state index contributed by atoms with van der Waals surface area (Å²) < 4.78 is 1.77. The number of aryl methyl sites for hydroxylation is 1. The summed E-state index contributed by atoms with van der Waals surface area (Å²) in [5.74, 6) is 0.0359. The molecule has 8 heteroatoms. The molecule has 6 rings (SSSR count). The fourth-order valence-corrected chi connectivity index (χ4v) is 6.37. The summed E-state index contributed by atoms with van der Waals surface area (Å²) in [4.78, 5) is 27.2. The Morgan fingerprint density at radius 2 is 1.63 bits per heavy atom. The molecule has 3 aromatic rings. The summed E-state index contributed by atoms with van der Waals surface area (Å²) in [6.45, 7) is 16.4. The summed E-state index contributed by atoms with van der Waals surface area (Å²) in [7, 11) is 4.30. The van der Waals surface area contributed by atoms with Crippen LogP contribution in [-0.2, 0) is 0 Å². The average Bonchev–Trinajstić information content (AvgIpc) is 3.46. The van der Waals surface area contributed by atoms with Gasteiger partial charge in [0.2, 0.25) is 0 Å². The second-order valence-corrected chi connectivity index (χ2v) is 11.2. The number of rotatable bonds is 5. The number of amides is 1. The first-order valence-corrected chi connectivity index (χ1v) is 13.6. The van der Waals surface area contributed by atoms with Gasteiger partial charge in [-0.1, -0.05) is 13.2 Å². The van der Waals surface area contributed by atoms with Gasteiger partial charge < -0.3 is 19.6 Å². The Bertz CT molecular complexity index is 1400. The zero-order valence-corrected chi connectivity index (χ0v) is 22.7. The second-order valence-electron chi connectivity index (χ2n) is 11.2. The monoisotopic (exact) mass is 511 g/mol. The van der Waals surface area contributed by atoms with Crippen LogP contribution in [0.5, 0.6) is 0 Å². The predicted molar refractivity (Wildman–Crippen MR) is 151 cm³/mol. The third-order valence-corrected chi connectivity index (χ3v) is 8.61. The first-order valence-electron chi connectivity index (χ1n) is 13.6. The molecule has 0 N–H and O–H groups in total. The van der Waals surface area contributed by atoms with Crippen LogP contribution < -0.4 is 0 Å². The number of hydrogen-bond acceptors (Lipinski definition) is 6. The Balaban J connectivity index is 1.28. The van der Waals surface area contributed by atoms with Gasteiger partial charge in [0.1, 0.15) is 0 Å². The highest BCUT2D eigenvalue weighted by atomic mass is 16.2. The molecule has 8 nitrogen and oxygen atoms in total. The second kappa shape index (κ2) is 9.67. The third-order valence-electron chi connectivity index (χ3n) is 8.61. The quantitative estimate of drug-likeness (QED) is 0.524. The maximum atomic E-state index is 13.3. The van der Waals surface area contributed by atoms with Crippen LogP contribution in [0.4, 0.5) is 0 Å². The minimum absolute atomic E-state index is 0.0359. The van der Waals surface area contributed by atoms with Crippen molar-refractivity contribution in [2.45, 2.75) is 31.8 Å². The van der Waals surface area contributed by atoms with Crippen molar-refractivity contribution in [3.05, 3.63) is 77.9 Å². The highest BCUT2D eigenvalue weighted by Crippen LogP contribution is 2.37. The largest absolute Gasteiger partial charge is 0.363 e. The molecule has 3 aliphatic rings. The van der Waals surface area contributed by atoms with Crippen molar-refractivity contribution in [2.24, 2.45) is 0 Å². The maximum absolute atomic E-state index is 13.3. The Hall–Kier alpha value is -3.49. The van der Waals surface area contributed by atoms with Crippen molar-refractivity contribution in [1.29, 1.82) is 0 Å². The molecular weight excluding hydrogens is 474 g/mol. The smallest absolute Gasteiger partial charge is 0.257 e. The number of hydrogen-bond donors (Lipinski definition) is 0. The molecular formula is C30H37N7O. The van der Waals surface area contributed by atoms with Crippen molar-refractivity contribution in [3.63, 3.8) is 0 Å². The SMILES string of the molecule is C=C(c1ccn2ncc(C(=O)N3CCN(C)CC3)c2c1)c1cc(C(=C)N2C3CCC2CN(C)C3)cnc1C. The summed E-state index contributed by atoms with van der Waals surface area (Å²) in [6.07, 6.45) is 7.97. The molecule has 0 aliphatic carbocycles. The third kappa shape index (κ3) is 4.31. The first-order chi connectivity index (χ1) is 18.3. The van der Waals surface area contributed by atoms with Gasteiger partial charge in [0, 0.05) is 86.3 Å². The molecule has 0 aromatic carbocycles. The van der Waals surface area contributed by atoms with E-state index in [1.54, 1.807) is 10.7 Å². The first kappa shape index (κ1) is 24.8. The molecule has 0 spiro atoms. The summed E-state index contributed by atoms with van der Waals surface area (Å²) in [5, 5.41) is 4.45. The number of aromatic nitrogens is 3. The van der Waals surface area contributed by atoms with E-state index < -0.39 is 0 Å². The Morgan fingerprint density at radius 3 is 2.34 bits per heavy atom. The molecule has 3 fully saturated rings. The minimum atomic E-state index is 0.0359. The van der Waals surface area contributed by atoms with Crippen molar-refractivity contribution in [1.82, 2.24) is 34.2 Å². The number of likely N-dealkylation sites (tertiary alicyclic amines) is 1. The highest BCUT2D eigenvalue weighted by molar-refractivity contribution is 6.01. The van der Waals surface area contributed by atoms with Crippen LogP contribution in [0.15, 0.2) is 49.9 Å². The van der Waals surface area contributed by atoms with Gasteiger partial charge in [0.05, 0.1) is 17.3 Å². The van der Waals surface area contributed by atoms with E-state index in [1.807, 2.05) is 36.4 Å². The molecule has 2 bridgehead atoms. The van der Waals surface area contributed by atoms with E-state index in [9.17, 15) is 4.79 Å². The zero-order chi connectivity index (χ0) is 26.6. The number of pyridine rings is 2. The molecule has 198 valence electrons. The lowest BCUT2D eigenvalue weighted by Gasteiger charge is -2.42. The maximum Gasteiger partial charge on any atom is 0.257 e. The van der Waals surface area contributed by atoms with Crippen molar-refractivity contribution >= 4 is 22.7 Å². The van der Waals surface area contributed by atoms with Crippen molar-refractivity contribution < 1.29 is 4.79 Å². The molecule has 38 heavy (non-hydrogen) atoms. The fraction of sp³-hybridized carbons (Fsp3) is 0.433. The van der Waals surface area contributed by atoms with Gasteiger partial charge in [-0.05, 0) is 63.2 Å². The van der Waals surface area contributed by atoms with Gasteiger partial charge in [-0.25, -0.2) is 4.52 Å². The van der Waals surface area contributed by atoms with Crippen LogP contribution in [0, 0.1) is 6.92 Å². The Morgan fingerprint density at radius 1 is 0.921 bits per heavy atom. The summed E-state index contributed by atoms with van der Waals surface area (Å²) in [5.41, 5.74) is 7.30. The van der Waals surface area contributed by atoms with Crippen LogP contribution in [0.3, 0.4) is 0 Å². The van der Waals surface area contributed by atoms with E-state index in [1.165, 1.54) is 12.8 Å². The number of likely N-dealkylation sites (N-methyl/N-ethyl adjacent to an activating group) is 2. The van der Waals surface area contributed by atoms with Gasteiger partial charge >= 0.3 is 0 Å². The number of piperazine rings is 2.